The van der Waals surface area contributed by atoms with Crippen molar-refractivity contribution in [2.24, 2.45) is 5.10 Å². The fourth-order valence-electron chi connectivity index (χ4n) is 1.74. The molecule has 1 amide bonds. The van der Waals surface area contributed by atoms with Crippen molar-refractivity contribution in [3.8, 4) is 5.75 Å². The number of amides is 1. The first-order valence-corrected chi connectivity index (χ1v) is 7.89. The van der Waals surface area contributed by atoms with Crippen LogP contribution in [0.4, 0.5) is 5.69 Å². The summed E-state index contributed by atoms with van der Waals surface area (Å²) in [6.07, 6.45) is 1.66. The number of carbonyl (C=O) groups excluding carboxylic acids is 1. The summed E-state index contributed by atoms with van der Waals surface area (Å²) in [5.41, 5.74) is 4.51. The maximum absolute atomic E-state index is 11.7. The average Bonchev–Trinajstić information content (AvgIpc) is 2.92. The molecule has 0 aliphatic heterocycles. The zero-order valence-corrected chi connectivity index (χ0v) is 13.4. The van der Waals surface area contributed by atoms with E-state index < -0.39 is 0 Å². The number of hydrogen-bond acceptors (Lipinski definition) is 5. The molecule has 2 aromatic rings. The first-order valence-electron chi connectivity index (χ1n) is 7.01. The molecule has 0 saturated carbocycles. The van der Waals surface area contributed by atoms with Crippen LogP contribution in [0.3, 0.4) is 0 Å². The van der Waals surface area contributed by atoms with Crippen molar-refractivity contribution >= 4 is 29.1 Å². The summed E-state index contributed by atoms with van der Waals surface area (Å²) in [6.45, 7) is 4.74. The molecule has 22 heavy (non-hydrogen) atoms. The van der Waals surface area contributed by atoms with E-state index in [0.29, 0.717) is 6.61 Å². The Balaban J connectivity index is 1.75. The van der Waals surface area contributed by atoms with Gasteiger partial charge in [-0.3, -0.25) is 4.79 Å². The van der Waals surface area contributed by atoms with E-state index in [1.807, 2.05) is 49.6 Å². The molecule has 1 aromatic carbocycles. The second-order valence-corrected chi connectivity index (χ2v) is 5.52. The molecule has 2 rings (SSSR count). The zero-order chi connectivity index (χ0) is 15.8. The quantitative estimate of drug-likeness (QED) is 0.609. The van der Waals surface area contributed by atoms with Crippen LogP contribution in [-0.4, -0.2) is 25.3 Å². The topological polar surface area (TPSA) is 62.7 Å². The average molecular weight is 317 g/mol. The lowest BCUT2D eigenvalue weighted by Crippen LogP contribution is -2.25. The Morgan fingerprint density at radius 3 is 2.73 bits per heavy atom. The molecule has 1 heterocycles. The van der Waals surface area contributed by atoms with Crippen molar-refractivity contribution in [1.82, 2.24) is 5.43 Å². The highest BCUT2D eigenvalue weighted by Gasteiger charge is 2.00. The van der Waals surface area contributed by atoms with Crippen molar-refractivity contribution in [2.75, 3.05) is 18.5 Å². The van der Waals surface area contributed by atoms with E-state index in [9.17, 15) is 4.79 Å². The number of anilines is 1. The van der Waals surface area contributed by atoms with Gasteiger partial charge in [0.05, 0.1) is 19.4 Å². The van der Waals surface area contributed by atoms with E-state index in [1.165, 1.54) is 0 Å². The standard InChI is InChI=1S/C16H19N3O2S/c1-3-21-14-6-4-13(5-7-14)17-11-16(20)19-18-10-15-12(2)8-9-22-15/h4-10,17H,3,11H2,1-2H3,(H,19,20). The van der Waals surface area contributed by atoms with E-state index in [1.54, 1.807) is 17.6 Å². The van der Waals surface area contributed by atoms with Gasteiger partial charge in [0.25, 0.3) is 5.91 Å². The van der Waals surface area contributed by atoms with Crippen LogP contribution in [0.15, 0.2) is 40.8 Å². The Hall–Kier alpha value is -2.34. The smallest absolute Gasteiger partial charge is 0.259 e. The maximum atomic E-state index is 11.7. The van der Waals surface area contributed by atoms with Crippen LogP contribution < -0.4 is 15.5 Å². The van der Waals surface area contributed by atoms with Crippen LogP contribution in [-0.2, 0) is 4.79 Å². The number of aryl methyl sites for hydroxylation is 1. The minimum absolute atomic E-state index is 0.161. The van der Waals surface area contributed by atoms with Crippen molar-refractivity contribution in [1.29, 1.82) is 0 Å². The number of nitrogens with one attached hydrogen (secondary N) is 2. The van der Waals surface area contributed by atoms with Crippen LogP contribution in [0.25, 0.3) is 0 Å². The third-order valence-corrected chi connectivity index (χ3v) is 3.84. The highest BCUT2D eigenvalue weighted by Crippen LogP contribution is 2.15. The van der Waals surface area contributed by atoms with Gasteiger partial charge < -0.3 is 10.1 Å². The van der Waals surface area contributed by atoms with Gasteiger partial charge in [-0.15, -0.1) is 11.3 Å². The van der Waals surface area contributed by atoms with Crippen LogP contribution in [0.2, 0.25) is 0 Å². The third kappa shape index (κ3) is 4.89. The van der Waals surface area contributed by atoms with Crippen LogP contribution in [0.1, 0.15) is 17.4 Å². The monoisotopic (exact) mass is 317 g/mol. The molecule has 0 bridgehead atoms. The molecule has 0 aliphatic carbocycles. The van der Waals surface area contributed by atoms with Gasteiger partial charge in [-0.1, -0.05) is 0 Å². The van der Waals surface area contributed by atoms with E-state index >= 15 is 0 Å². The highest BCUT2D eigenvalue weighted by molar-refractivity contribution is 7.11. The Bertz CT molecular complexity index is 635. The molecular weight excluding hydrogens is 298 g/mol. The van der Waals surface area contributed by atoms with Crippen LogP contribution in [0.5, 0.6) is 5.75 Å². The first kappa shape index (κ1) is 16.0. The summed E-state index contributed by atoms with van der Waals surface area (Å²) in [4.78, 5) is 12.7. The fraction of sp³-hybridized carbons (Fsp3) is 0.250. The highest BCUT2D eigenvalue weighted by atomic mass is 32.1. The zero-order valence-electron chi connectivity index (χ0n) is 12.6. The van der Waals surface area contributed by atoms with Gasteiger partial charge in [0.1, 0.15) is 5.75 Å². The van der Waals surface area contributed by atoms with Crippen molar-refractivity contribution in [3.63, 3.8) is 0 Å². The van der Waals surface area contributed by atoms with Gasteiger partial charge in [-0.25, -0.2) is 5.43 Å². The number of rotatable bonds is 7. The van der Waals surface area contributed by atoms with Crippen molar-refractivity contribution in [2.45, 2.75) is 13.8 Å². The summed E-state index contributed by atoms with van der Waals surface area (Å²) in [5, 5.41) is 8.97. The van der Waals surface area contributed by atoms with Gasteiger partial charge in [0.15, 0.2) is 0 Å². The minimum atomic E-state index is -0.195. The predicted molar refractivity (Wildman–Crippen MR) is 90.9 cm³/mol. The molecule has 5 nitrogen and oxygen atoms in total. The van der Waals surface area contributed by atoms with E-state index in [0.717, 1.165) is 21.9 Å². The fourth-order valence-corrected chi connectivity index (χ4v) is 2.52. The number of nitrogens with zero attached hydrogens (tertiary/aromatic N) is 1. The van der Waals surface area contributed by atoms with Crippen molar-refractivity contribution in [3.05, 3.63) is 46.2 Å². The molecule has 1 aromatic heterocycles. The summed E-state index contributed by atoms with van der Waals surface area (Å²) in [5.74, 6) is 0.618. The second-order valence-electron chi connectivity index (χ2n) is 4.57. The molecule has 0 radical (unpaired) electrons. The Morgan fingerprint density at radius 1 is 1.32 bits per heavy atom. The molecule has 116 valence electrons. The van der Waals surface area contributed by atoms with Crippen LogP contribution >= 0.6 is 11.3 Å². The van der Waals surface area contributed by atoms with E-state index in [-0.39, 0.29) is 12.5 Å². The number of hydrogen-bond donors (Lipinski definition) is 2. The summed E-state index contributed by atoms with van der Waals surface area (Å²) >= 11 is 1.59. The lowest BCUT2D eigenvalue weighted by atomic mass is 10.3. The lowest BCUT2D eigenvalue weighted by Gasteiger charge is -2.07. The molecule has 0 saturated heterocycles. The van der Waals surface area contributed by atoms with Crippen LogP contribution in [0, 0.1) is 6.92 Å². The summed E-state index contributed by atoms with van der Waals surface area (Å²) in [7, 11) is 0. The maximum Gasteiger partial charge on any atom is 0.259 e. The molecule has 0 unspecified atom stereocenters. The molecule has 0 fully saturated rings. The molecule has 0 spiro atoms. The largest absolute Gasteiger partial charge is 0.494 e. The molecular formula is C16H19N3O2S. The minimum Gasteiger partial charge on any atom is -0.494 e. The predicted octanol–water partition coefficient (Wildman–Crippen LogP) is 3.02. The number of benzene rings is 1. The third-order valence-electron chi connectivity index (χ3n) is 2.89. The summed E-state index contributed by atoms with van der Waals surface area (Å²) in [6, 6.07) is 9.48. The number of hydrazone groups is 1. The van der Waals surface area contributed by atoms with Gasteiger partial charge in [-0.05, 0) is 55.1 Å². The number of thiophene rings is 1. The second kappa shape index (κ2) is 8.19. The first-order chi connectivity index (χ1) is 10.7. The Labute approximate surface area is 134 Å². The van der Waals surface area contributed by atoms with Gasteiger partial charge in [0.2, 0.25) is 0 Å². The molecule has 6 heteroatoms. The molecule has 0 atom stereocenters. The Morgan fingerprint density at radius 2 is 2.09 bits per heavy atom. The number of ether oxygens (including phenoxy) is 1. The van der Waals surface area contributed by atoms with Gasteiger partial charge in [-0.2, -0.15) is 5.10 Å². The van der Waals surface area contributed by atoms with Gasteiger partial charge in [0, 0.05) is 10.6 Å². The Kier molecular flexibility index (Phi) is 5.97. The SMILES string of the molecule is CCOc1ccc(NCC(=O)NN=Cc2sccc2C)cc1. The molecule has 2 N–H and O–H groups in total. The van der Waals surface area contributed by atoms with E-state index in [2.05, 4.69) is 15.8 Å². The molecule has 0 aliphatic rings. The lowest BCUT2D eigenvalue weighted by molar-refractivity contribution is -0.119. The normalized spacial score (nSPS) is 10.6. The summed E-state index contributed by atoms with van der Waals surface area (Å²) < 4.78 is 5.36. The van der Waals surface area contributed by atoms with Gasteiger partial charge >= 0.3 is 0 Å². The van der Waals surface area contributed by atoms with Crippen molar-refractivity contribution < 1.29 is 9.53 Å². The number of carbonyl (C=O) groups is 1. The van der Waals surface area contributed by atoms with E-state index in [4.69, 9.17) is 4.74 Å².